The lowest BCUT2D eigenvalue weighted by Gasteiger charge is -2.09. The van der Waals surface area contributed by atoms with Gasteiger partial charge in [0, 0.05) is 0 Å². The number of aryl methyl sites for hydroxylation is 1. The minimum Gasteiger partial charge on any atom is -0.491 e. The monoisotopic (exact) mass is 322 g/mol. The first-order valence-corrected chi connectivity index (χ1v) is 7.43. The van der Waals surface area contributed by atoms with Crippen LogP contribution >= 0.6 is 0 Å². The maximum absolute atomic E-state index is 11.9. The SMILES string of the molecule is CCOC(=O)C(=Cc1ccc(OCCO)c(C)c1)C(=O)OCC. The normalized spacial score (nSPS) is 9.91. The lowest BCUT2D eigenvalue weighted by molar-refractivity contribution is -0.146. The van der Waals surface area contributed by atoms with Crippen molar-refractivity contribution in [2.75, 3.05) is 26.4 Å². The van der Waals surface area contributed by atoms with Crippen molar-refractivity contribution in [1.29, 1.82) is 0 Å². The molecule has 0 atom stereocenters. The number of hydrogen-bond donors (Lipinski definition) is 1. The van der Waals surface area contributed by atoms with Crippen molar-refractivity contribution in [2.24, 2.45) is 0 Å². The predicted molar refractivity (Wildman–Crippen MR) is 85.0 cm³/mol. The van der Waals surface area contributed by atoms with Crippen LogP contribution in [0.1, 0.15) is 25.0 Å². The molecule has 0 aliphatic rings. The highest BCUT2D eigenvalue weighted by Crippen LogP contribution is 2.21. The van der Waals surface area contributed by atoms with E-state index in [9.17, 15) is 9.59 Å². The van der Waals surface area contributed by atoms with Crippen LogP contribution in [0.25, 0.3) is 6.08 Å². The van der Waals surface area contributed by atoms with Crippen LogP contribution < -0.4 is 4.74 Å². The van der Waals surface area contributed by atoms with Crippen molar-refractivity contribution in [3.05, 3.63) is 34.9 Å². The molecular weight excluding hydrogens is 300 g/mol. The summed E-state index contributed by atoms with van der Waals surface area (Å²) < 4.78 is 15.1. The summed E-state index contributed by atoms with van der Waals surface area (Å²) in [4.78, 5) is 23.8. The number of rotatable bonds is 8. The summed E-state index contributed by atoms with van der Waals surface area (Å²) in [5, 5.41) is 8.78. The van der Waals surface area contributed by atoms with Gasteiger partial charge >= 0.3 is 11.9 Å². The highest BCUT2D eigenvalue weighted by atomic mass is 16.6. The van der Waals surface area contributed by atoms with E-state index < -0.39 is 11.9 Å². The highest BCUT2D eigenvalue weighted by Gasteiger charge is 2.21. The Morgan fingerprint density at radius 2 is 1.74 bits per heavy atom. The minimum absolute atomic E-state index is 0.0725. The summed E-state index contributed by atoms with van der Waals surface area (Å²) >= 11 is 0. The van der Waals surface area contributed by atoms with Gasteiger partial charge in [-0.15, -0.1) is 0 Å². The number of benzene rings is 1. The van der Waals surface area contributed by atoms with Crippen molar-refractivity contribution in [1.82, 2.24) is 0 Å². The molecule has 0 unspecified atom stereocenters. The quantitative estimate of drug-likeness (QED) is 0.340. The third-order valence-electron chi connectivity index (χ3n) is 2.85. The van der Waals surface area contributed by atoms with Crippen LogP contribution in [-0.4, -0.2) is 43.5 Å². The Kier molecular flexibility index (Phi) is 7.83. The van der Waals surface area contributed by atoms with E-state index >= 15 is 0 Å². The molecule has 1 rings (SSSR count). The lowest BCUT2D eigenvalue weighted by Crippen LogP contribution is -2.18. The van der Waals surface area contributed by atoms with Crippen LogP contribution in [0.3, 0.4) is 0 Å². The van der Waals surface area contributed by atoms with Crippen LogP contribution in [0, 0.1) is 6.92 Å². The van der Waals surface area contributed by atoms with Crippen LogP contribution in [0.2, 0.25) is 0 Å². The molecule has 0 radical (unpaired) electrons. The third kappa shape index (κ3) is 5.75. The molecule has 0 spiro atoms. The molecule has 0 amide bonds. The number of hydrogen-bond acceptors (Lipinski definition) is 6. The van der Waals surface area contributed by atoms with Crippen molar-refractivity contribution >= 4 is 18.0 Å². The first-order chi connectivity index (χ1) is 11.0. The molecule has 0 aromatic heterocycles. The number of aliphatic hydroxyl groups is 1. The van der Waals surface area contributed by atoms with Gasteiger partial charge < -0.3 is 19.3 Å². The van der Waals surface area contributed by atoms with Crippen molar-refractivity contribution in [3.8, 4) is 5.75 Å². The molecule has 0 fully saturated rings. The Hall–Kier alpha value is -2.34. The maximum atomic E-state index is 11.9. The Bertz CT molecular complexity index is 556. The molecule has 0 bridgehead atoms. The summed E-state index contributed by atoms with van der Waals surface area (Å²) in [7, 11) is 0. The van der Waals surface area contributed by atoms with Gasteiger partial charge in [0.2, 0.25) is 0 Å². The number of carbonyl (C=O) groups is 2. The molecule has 1 aromatic rings. The van der Waals surface area contributed by atoms with Gasteiger partial charge in [-0.2, -0.15) is 0 Å². The van der Waals surface area contributed by atoms with Crippen LogP contribution in [0.5, 0.6) is 5.75 Å². The Morgan fingerprint density at radius 1 is 1.13 bits per heavy atom. The minimum atomic E-state index is -0.718. The molecule has 126 valence electrons. The van der Waals surface area contributed by atoms with E-state index in [2.05, 4.69) is 0 Å². The van der Waals surface area contributed by atoms with Crippen LogP contribution in [-0.2, 0) is 19.1 Å². The second kappa shape index (κ2) is 9.63. The molecule has 0 saturated carbocycles. The molecule has 1 aromatic carbocycles. The zero-order chi connectivity index (χ0) is 17.2. The van der Waals surface area contributed by atoms with Crippen molar-refractivity contribution in [3.63, 3.8) is 0 Å². The van der Waals surface area contributed by atoms with Gasteiger partial charge in [0.25, 0.3) is 0 Å². The zero-order valence-corrected chi connectivity index (χ0v) is 13.6. The lowest BCUT2D eigenvalue weighted by atomic mass is 10.1. The van der Waals surface area contributed by atoms with E-state index in [1.54, 1.807) is 32.0 Å². The molecule has 0 saturated heterocycles. The third-order valence-corrected chi connectivity index (χ3v) is 2.85. The Morgan fingerprint density at radius 3 is 2.22 bits per heavy atom. The predicted octanol–water partition coefficient (Wildman–Crippen LogP) is 1.88. The van der Waals surface area contributed by atoms with Gasteiger partial charge in [0.15, 0.2) is 0 Å². The first-order valence-electron chi connectivity index (χ1n) is 7.43. The molecular formula is C17H22O6. The van der Waals surface area contributed by atoms with E-state index in [4.69, 9.17) is 19.3 Å². The summed E-state index contributed by atoms with van der Waals surface area (Å²) in [5.41, 5.74) is 1.31. The molecule has 0 aliphatic carbocycles. The number of carbonyl (C=O) groups excluding carboxylic acids is 2. The topological polar surface area (TPSA) is 82.1 Å². The smallest absolute Gasteiger partial charge is 0.345 e. The van der Waals surface area contributed by atoms with Crippen molar-refractivity contribution in [2.45, 2.75) is 20.8 Å². The summed E-state index contributed by atoms with van der Waals surface area (Å²) in [6.07, 6.45) is 1.43. The second-order valence-corrected chi connectivity index (χ2v) is 4.60. The van der Waals surface area contributed by atoms with Crippen LogP contribution in [0.4, 0.5) is 0 Å². The average molecular weight is 322 g/mol. The van der Waals surface area contributed by atoms with Crippen LogP contribution in [0.15, 0.2) is 23.8 Å². The highest BCUT2D eigenvalue weighted by molar-refractivity contribution is 6.17. The van der Waals surface area contributed by atoms with E-state index in [1.165, 1.54) is 6.08 Å². The molecule has 23 heavy (non-hydrogen) atoms. The van der Waals surface area contributed by atoms with Gasteiger partial charge in [0.05, 0.1) is 19.8 Å². The maximum Gasteiger partial charge on any atom is 0.345 e. The Balaban J connectivity index is 3.08. The zero-order valence-electron chi connectivity index (χ0n) is 13.6. The van der Waals surface area contributed by atoms with Crippen molar-refractivity contribution < 1.29 is 28.9 Å². The van der Waals surface area contributed by atoms with Gasteiger partial charge in [-0.3, -0.25) is 0 Å². The van der Waals surface area contributed by atoms with Gasteiger partial charge in [0.1, 0.15) is 17.9 Å². The number of aliphatic hydroxyl groups excluding tert-OH is 1. The van der Waals surface area contributed by atoms with E-state index in [0.717, 1.165) is 5.56 Å². The number of esters is 2. The second-order valence-electron chi connectivity index (χ2n) is 4.60. The molecule has 1 N–H and O–H groups in total. The van der Waals surface area contributed by atoms with Gasteiger partial charge in [-0.25, -0.2) is 9.59 Å². The average Bonchev–Trinajstić information content (AvgIpc) is 2.52. The fraction of sp³-hybridized carbons (Fsp3) is 0.412. The molecule has 0 heterocycles. The fourth-order valence-corrected chi connectivity index (χ4v) is 1.87. The van der Waals surface area contributed by atoms with E-state index in [1.807, 2.05) is 6.92 Å². The molecule has 6 nitrogen and oxygen atoms in total. The van der Waals surface area contributed by atoms with E-state index in [-0.39, 0.29) is 32.0 Å². The molecule has 0 aliphatic heterocycles. The van der Waals surface area contributed by atoms with Gasteiger partial charge in [-0.1, -0.05) is 6.07 Å². The Labute approximate surface area is 135 Å². The summed E-state index contributed by atoms with van der Waals surface area (Å²) in [5.74, 6) is -0.807. The summed E-state index contributed by atoms with van der Waals surface area (Å²) in [6.45, 7) is 5.63. The standard InChI is InChI=1S/C17H22O6/c1-4-21-16(19)14(17(20)22-5-2)11-13-6-7-15(12(3)10-13)23-9-8-18/h6-7,10-11,18H,4-5,8-9H2,1-3H3. The van der Waals surface area contributed by atoms with Gasteiger partial charge in [-0.05, 0) is 50.1 Å². The number of ether oxygens (including phenoxy) is 3. The largest absolute Gasteiger partial charge is 0.491 e. The first kappa shape index (κ1) is 18.7. The fourth-order valence-electron chi connectivity index (χ4n) is 1.87. The molecule has 6 heteroatoms. The van der Waals surface area contributed by atoms with E-state index in [0.29, 0.717) is 11.3 Å². The summed E-state index contributed by atoms with van der Waals surface area (Å²) in [6, 6.07) is 5.19.